The first-order chi connectivity index (χ1) is 8.37. The molecule has 0 saturated heterocycles. The topological polar surface area (TPSA) is 66.6 Å². The average molecular weight is 274 g/mol. The Labute approximate surface area is 116 Å². The van der Waals surface area contributed by atoms with Crippen molar-refractivity contribution < 1.29 is 9.90 Å². The summed E-state index contributed by atoms with van der Waals surface area (Å²) in [7, 11) is 1.70. The van der Waals surface area contributed by atoms with E-state index in [2.05, 4.69) is 0 Å². The number of carbonyl (C=O) groups excluding carboxylic acids is 1. The molecule has 106 valence electrons. The quantitative estimate of drug-likeness (QED) is 0.661. The number of hydrogen-bond donors (Lipinski definition) is 2. The zero-order chi connectivity index (χ0) is 14.3. The van der Waals surface area contributed by atoms with E-state index < -0.39 is 5.41 Å². The number of aliphatic hydroxyl groups excluding tert-OH is 1. The van der Waals surface area contributed by atoms with E-state index in [9.17, 15) is 4.79 Å². The molecule has 18 heavy (non-hydrogen) atoms. The molecule has 0 aliphatic heterocycles. The van der Waals surface area contributed by atoms with Crippen LogP contribution in [0.3, 0.4) is 0 Å². The Hall–Kier alpha value is -0.680. The van der Waals surface area contributed by atoms with Crippen molar-refractivity contribution in [3.63, 3.8) is 0 Å². The van der Waals surface area contributed by atoms with Gasteiger partial charge in [-0.3, -0.25) is 4.79 Å². The van der Waals surface area contributed by atoms with Crippen LogP contribution in [0.1, 0.15) is 46.5 Å². The standard InChI is InChI=1S/C13H26N2O2S/c1-5-7-13(8-6-2,11(14)18)12(17)15(4)10(3)9-16/h10,16H,5-9H2,1-4H3,(H2,14,18). The third-order valence-electron chi connectivity index (χ3n) is 3.48. The molecule has 3 N–H and O–H groups in total. The second kappa shape index (κ2) is 7.69. The first-order valence-corrected chi connectivity index (χ1v) is 6.96. The number of likely N-dealkylation sites (N-methyl/N-ethyl adjacent to an activating group) is 1. The monoisotopic (exact) mass is 274 g/mol. The Bertz CT molecular complexity index is 289. The van der Waals surface area contributed by atoms with Crippen molar-refractivity contribution in [2.24, 2.45) is 11.1 Å². The molecule has 0 aromatic heterocycles. The van der Waals surface area contributed by atoms with Crippen molar-refractivity contribution in [3.8, 4) is 0 Å². The van der Waals surface area contributed by atoms with Gasteiger partial charge in [-0.05, 0) is 19.8 Å². The summed E-state index contributed by atoms with van der Waals surface area (Å²) < 4.78 is 0. The normalized spacial score (nSPS) is 13.2. The minimum atomic E-state index is -0.753. The zero-order valence-electron chi connectivity index (χ0n) is 11.9. The molecule has 0 aromatic rings. The molecular formula is C13H26N2O2S. The fourth-order valence-electron chi connectivity index (χ4n) is 2.20. The fourth-order valence-corrected chi connectivity index (χ4v) is 2.50. The number of nitrogens with zero attached hydrogens (tertiary/aromatic N) is 1. The van der Waals surface area contributed by atoms with E-state index in [1.165, 1.54) is 0 Å². The number of amides is 1. The number of hydrogen-bond acceptors (Lipinski definition) is 3. The van der Waals surface area contributed by atoms with Crippen LogP contribution in [0, 0.1) is 5.41 Å². The predicted molar refractivity (Wildman–Crippen MR) is 78.4 cm³/mol. The van der Waals surface area contributed by atoms with Gasteiger partial charge in [0, 0.05) is 7.05 Å². The maximum absolute atomic E-state index is 12.6. The SMILES string of the molecule is CCCC(CCC)(C(=O)N(C)C(C)CO)C(N)=S. The van der Waals surface area contributed by atoms with Gasteiger partial charge < -0.3 is 15.7 Å². The molecule has 0 bridgehead atoms. The minimum absolute atomic E-state index is 0.0616. The van der Waals surface area contributed by atoms with Gasteiger partial charge in [0.2, 0.25) is 5.91 Å². The van der Waals surface area contributed by atoms with Crippen LogP contribution in [-0.4, -0.2) is 40.6 Å². The summed E-state index contributed by atoms with van der Waals surface area (Å²) in [6.07, 6.45) is 3.03. The van der Waals surface area contributed by atoms with Crippen molar-refractivity contribution in [1.29, 1.82) is 0 Å². The molecule has 1 amide bonds. The second-order valence-electron chi connectivity index (χ2n) is 4.89. The smallest absolute Gasteiger partial charge is 0.235 e. The van der Waals surface area contributed by atoms with Crippen molar-refractivity contribution in [3.05, 3.63) is 0 Å². The number of nitrogens with two attached hydrogens (primary N) is 1. The fraction of sp³-hybridized carbons (Fsp3) is 0.846. The molecule has 0 aliphatic carbocycles. The van der Waals surface area contributed by atoms with Gasteiger partial charge in [0.1, 0.15) is 0 Å². The van der Waals surface area contributed by atoms with Gasteiger partial charge in [-0.2, -0.15) is 0 Å². The van der Waals surface area contributed by atoms with Gasteiger partial charge in [-0.15, -0.1) is 0 Å². The summed E-state index contributed by atoms with van der Waals surface area (Å²) in [6, 6.07) is -0.222. The van der Waals surface area contributed by atoms with Gasteiger partial charge in [0.25, 0.3) is 0 Å². The van der Waals surface area contributed by atoms with E-state index in [4.69, 9.17) is 23.1 Å². The van der Waals surface area contributed by atoms with Crippen LogP contribution in [0.4, 0.5) is 0 Å². The van der Waals surface area contributed by atoms with Crippen LogP contribution in [0.5, 0.6) is 0 Å². The lowest BCUT2D eigenvalue weighted by Crippen LogP contribution is -2.52. The van der Waals surface area contributed by atoms with Crippen molar-refractivity contribution >= 4 is 23.1 Å². The Morgan fingerprint density at radius 2 is 1.83 bits per heavy atom. The second-order valence-corrected chi connectivity index (χ2v) is 5.33. The predicted octanol–water partition coefficient (Wildman–Crippen LogP) is 1.70. The third-order valence-corrected chi connectivity index (χ3v) is 3.87. The number of carbonyl (C=O) groups is 1. The van der Waals surface area contributed by atoms with E-state index in [0.29, 0.717) is 12.8 Å². The van der Waals surface area contributed by atoms with E-state index in [1.807, 2.05) is 13.8 Å². The van der Waals surface area contributed by atoms with E-state index in [0.717, 1.165) is 12.8 Å². The Kier molecular flexibility index (Phi) is 7.40. The van der Waals surface area contributed by atoms with E-state index in [1.54, 1.807) is 18.9 Å². The summed E-state index contributed by atoms with van der Waals surface area (Å²) in [5.41, 5.74) is 5.09. The van der Waals surface area contributed by atoms with Crippen LogP contribution in [0.2, 0.25) is 0 Å². The molecule has 0 fully saturated rings. The molecule has 0 aliphatic rings. The average Bonchev–Trinajstić information content (AvgIpc) is 2.35. The highest BCUT2D eigenvalue weighted by molar-refractivity contribution is 7.80. The molecule has 1 atom stereocenters. The Morgan fingerprint density at radius 1 is 1.39 bits per heavy atom. The largest absolute Gasteiger partial charge is 0.394 e. The van der Waals surface area contributed by atoms with Crippen LogP contribution < -0.4 is 5.73 Å². The van der Waals surface area contributed by atoms with Crippen LogP contribution in [-0.2, 0) is 4.79 Å². The first-order valence-electron chi connectivity index (χ1n) is 6.55. The summed E-state index contributed by atoms with van der Waals surface area (Å²) >= 11 is 5.15. The highest BCUT2D eigenvalue weighted by Gasteiger charge is 2.42. The molecule has 0 rings (SSSR count). The van der Waals surface area contributed by atoms with Crippen LogP contribution in [0.15, 0.2) is 0 Å². The van der Waals surface area contributed by atoms with E-state index >= 15 is 0 Å². The van der Waals surface area contributed by atoms with Crippen LogP contribution >= 0.6 is 12.2 Å². The van der Waals surface area contributed by atoms with Gasteiger partial charge in [0.05, 0.1) is 23.1 Å². The van der Waals surface area contributed by atoms with Crippen molar-refractivity contribution in [2.45, 2.75) is 52.5 Å². The third kappa shape index (κ3) is 3.65. The lowest BCUT2D eigenvalue weighted by Gasteiger charge is -2.37. The van der Waals surface area contributed by atoms with Gasteiger partial charge in [-0.25, -0.2) is 0 Å². The molecule has 5 heteroatoms. The number of rotatable bonds is 8. The molecule has 1 unspecified atom stereocenters. The minimum Gasteiger partial charge on any atom is -0.394 e. The lowest BCUT2D eigenvalue weighted by atomic mass is 9.77. The highest BCUT2D eigenvalue weighted by Crippen LogP contribution is 2.33. The molecular weight excluding hydrogens is 248 g/mol. The highest BCUT2D eigenvalue weighted by atomic mass is 32.1. The van der Waals surface area contributed by atoms with Gasteiger partial charge in [-0.1, -0.05) is 38.9 Å². The first kappa shape index (κ1) is 17.3. The van der Waals surface area contributed by atoms with Gasteiger partial charge in [0.15, 0.2) is 0 Å². The number of thiocarbonyl (C=S) groups is 1. The molecule has 0 radical (unpaired) electrons. The Balaban J connectivity index is 5.28. The lowest BCUT2D eigenvalue weighted by molar-refractivity contribution is -0.140. The van der Waals surface area contributed by atoms with Gasteiger partial charge >= 0.3 is 0 Å². The van der Waals surface area contributed by atoms with Crippen molar-refractivity contribution in [1.82, 2.24) is 4.90 Å². The number of aliphatic hydroxyl groups is 1. The summed E-state index contributed by atoms with van der Waals surface area (Å²) in [4.78, 5) is 14.5. The molecule has 0 spiro atoms. The zero-order valence-corrected chi connectivity index (χ0v) is 12.7. The summed E-state index contributed by atoms with van der Waals surface area (Å²) in [5.74, 6) is -0.0692. The van der Waals surface area contributed by atoms with Crippen molar-refractivity contribution in [2.75, 3.05) is 13.7 Å². The van der Waals surface area contributed by atoms with E-state index in [-0.39, 0.29) is 23.5 Å². The summed E-state index contributed by atoms with van der Waals surface area (Å²) in [5, 5.41) is 9.16. The Morgan fingerprint density at radius 3 is 2.11 bits per heavy atom. The summed E-state index contributed by atoms with van der Waals surface area (Å²) in [6.45, 7) is 5.78. The van der Waals surface area contributed by atoms with Crippen LogP contribution in [0.25, 0.3) is 0 Å². The molecule has 0 saturated carbocycles. The molecule has 0 heterocycles. The maximum Gasteiger partial charge on any atom is 0.235 e. The molecule has 0 aromatic carbocycles. The maximum atomic E-state index is 12.6. The molecule has 4 nitrogen and oxygen atoms in total.